The van der Waals surface area contributed by atoms with E-state index in [0.29, 0.717) is 5.56 Å². The number of carbonyl (C=O) groups excluding carboxylic acids is 2. The van der Waals surface area contributed by atoms with Crippen LogP contribution in [0.5, 0.6) is 0 Å². The van der Waals surface area contributed by atoms with Gasteiger partial charge in [-0.15, -0.1) is 0 Å². The number of aromatic nitrogens is 1. The van der Waals surface area contributed by atoms with E-state index in [1.165, 1.54) is 13.1 Å². The van der Waals surface area contributed by atoms with Crippen LogP contribution in [0.4, 0.5) is 0 Å². The van der Waals surface area contributed by atoms with E-state index in [4.69, 9.17) is 39.5 Å². The molecule has 0 aliphatic heterocycles. The fourth-order valence-corrected chi connectivity index (χ4v) is 2.37. The van der Waals surface area contributed by atoms with Gasteiger partial charge in [-0.2, -0.15) is 0 Å². The summed E-state index contributed by atoms with van der Waals surface area (Å²) in [5.74, 6) is -1.17. The Kier molecular flexibility index (Phi) is 5.63. The molecule has 0 fully saturated rings. The summed E-state index contributed by atoms with van der Waals surface area (Å²) in [6.45, 7) is 3.39. The molecule has 1 atom stereocenters. The molecule has 1 heterocycles. The van der Waals surface area contributed by atoms with Crippen LogP contribution in [-0.4, -0.2) is 22.8 Å². The van der Waals surface area contributed by atoms with Crippen LogP contribution in [0.25, 0.3) is 0 Å². The highest BCUT2D eigenvalue weighted by molar-refractivity contribution is 6.48. The fraction of sp³-hybridized carbons (Fsp3) is 0.188. The zero-order chi connectivity index (χ0) is 17.1. The molecule has 1 aromatic heterocycles. The lowest BCUT2D eigenvalue weighted by Gasteiger charge is -2.13. The van der Waals surface area contributed by atoms with Crippen LogP contribution in [0, 0.1) is 6.92 Å². The van der Waals surface area contributed by atoms with Crippen molar-refractivity contribution in [1.82, 2.24) is 4.98 Å². The molecule has 0 bridgehead atoms. The molecular weight excluding hydrogens is 361 g/mol. The molecule has 0 amide bonds. The van der Waals surface area contributed by atoms with Gasteiger partial charge in [0.15, 0.2) is 11.8 Å². The molecule has 7 heteroatoms. The summed E-state index contributed by atoms with van der Waals surface area (Å²) in [7, 11) is 0. The molecule has 0 aliphatic carbocycles. The number of benzene rings is 1. The highest BCUT2D eigenvalue weighted by Gasteiger charge is 2.24. The Hall–Kier alpha value is -1.62. The minimum Gasteiger partial charge on any atom is -0.449 e. The molecule has 1 aromatic carbocycles. The predicted molar refractivity (Wildman–Crippen MR) is 89.7 cm³/mol. The third kappa shape index (κ3) is 4.02. The van der Waals surface area contributed by atoms with Gasteiger partial charge in [0.2, 0.25) is 5.78 Å². The number of hydrogen-bond acceptors (Lipinski definition) is 4. The van der Waals surface area contributed by atoms with E-state index in [0.717, 1.165) is 5.56 Å². The number of ether oxygens (including phenoxy) is 1. The third-order valence-electron chi connectivity index (χ3n) is 3.10. The number of rotatable bonds is 4. The number of nitrogens with zero attached hydrogens (tertiary/aromatic N) is 1. The van der Waals surface area contributed by atoms with Crippen LogP contribution in [-0.2, 0) is 4.74 Å². The van der Waals surface area contributed by atoms with E-state index >= 15 is 0 Å². The maximum absolute atomic E-state index is 12.3. The number of carbonyl (C=O) groups is 2. The van der Waals surface area contributed by atoms with E-state index in [-0.39, 0.29) is 26.5 Å². The average Bonchev–Trinajstić information content (AvgIpc) is 2.52. The van der Waals surface area contributed by atoms with E-state index in [9.17, 15) is 9.59 Å². The Morgan fingerprint density at radius 3 is 2.30 bits per heavy atom. The predicted octanol–water partition coefficient (Wildman–Crippen LogP) is 4.78. The minimum atomic E-state index is -0.988. The van der Waals surface area contributed by atoms with Crippen LogP contribution in [0.15, 0.2) is 30.5 Å². The molecule has 0 saturated carbocycles. The minimum absolute atomic E-state index is 0.00722. The largest absolute Gasteiger partial charge is 0.449 e. The molecule has 0 spiro atoms. The summed E-state index contributed by atoms with van der Waals surface area (Å²) in [6, 6.07) is 6.96. The lowest BCUT2D eigenvalue weighted by molar-refractivity contribution is 0.0313. The second kappa shape index (κ2) is 7.30. The van der Waals surface area contributed by atoms with Gasteiger partial charge in [0.25, 0.3) is 0 Å². The Labute approximate surface area is 148 Å². The first-order chi connectivity index (χ1) is 10.8. The van der Waals surface area contributed by atoms with Crippen molar-refractivity contribution in [2.75, 3.05) is 0 Å². The molecule has 0 N–H and O–H groups in total. The Morgan fingerprint density at radius 1 is 1.09 bits per heavy atom. The van der Waals surface area contributed by atoms with Crippen molar-refractivity contribution < 1.29 is 14.3 Å². The molecule has 23 heavy (non-hydrogen) atoms. The third-order valence-corrected chi connectivity index (χ3v) is 4.34. The maximum atomic E-state index is 12.3. The van der Waals surface area contributed by atoms with Gasteiger partial charge in [-0.25, -0.2) is 9.78 Å². The van der Waals surface area contributed by atoms with Crippen molar-refractivity contribution in [2.24, 2.45) is 0 Å². The number of pyridine rings is 1. The second-order valence-corrected chi connectivity index (χ2v) is 6.02. The number of ketones is 1. The number of aryl methyl sites for hydroxylation is 1. The SMILES string of the molecule is Cc1ccc(C(=O)[C@H](C)OC(=O)c2ncc(Cl)c(Cl)c2Cl)cc1. The Bertz CT molecular complexity index is 760. The first kappa shape index (κ1) is 17.7. The molecule has 0 unspecified atom stereocenters. The maximum Gasteiger partial charge on any atom is 0.359 e. The molecular formula is C16H12Cl3NO3. The highest BCUT2D eigenvalue weighted by atomic mass is 35.5. The van der Waals surface area contributed by atoms with E-state index < -0.39 is 12.1 Å². The van der Waals surface area contributed by atoms with Crippen molar-refractivity contribution in [1.29, 1.82) is 0 Å². The summed E-state index contributed by atoms with van der Waals surface area (Å²) in [5.41, 5.74) is 1.28. The second-order valence-electron chi connectivity index (χ2n) is 4.86. The monoisotopic (exact) mass is 371 g/mol. The number of esters is 1. The number of hydrogen-bond donors (Lipinski definition) is 0. The van der Waals surface area contributed by atoms with Gasteiger partial charge in [0.1, 0.15) is 0 Å². The molecule has 2 aromatic rings. The van der Waals surface area contributed by atoms with Gasteiger partial charge in [-0.3, -0.25) is 4.79 Å². The van der Waals surface area contributed by atoms with Crippen molar-refractivity contribution in [3.05, 3.63) is 62.4 Å². The topological polar surface area (TPSA) is 56.3 Å². The number of halogens is 3. The van der Waals surface area contributed by atoms with Gasteiger partial charge < -0.3 is 4.74 Å². The molecule has 0 radical (unpaired) electrons. The summed E-state index contributed by atoms with van der Waals surface area (Å²) < 4.78 is 5.12. The normalized spacial score (nSPS) is 11.9. The van der Waals surface area contributed by atoms with Crippen molar-refractivity contribution >= 4 is 46.6 Å². The zero-order valence-electron chi connectivity index (χ0n) is 12.3. The summed E-state index contributed by atoms with van der Waals surface area (Å²) in [5, 5.41) is 0.0175. The van der Waals surface area contributed by atoms with E-state index in [1.54, 1.807) is 24.3 Å². The van der Waals surface area contributed by atoms with E-state index in [2.05, 4.69) is 4.98 Å². The summed E-state index contributed by atoms with van der Waals surface area (Å²) in [4.78, 5) is 28.2. The highest BCUT2D eigenvalue weighted by Crippen LogP contribution is 2.31. The Balaban J connectivity index is 2.15. The molecule has 4 nitrogen and oxygen atoms in total. The lowest BCUT2D eigenvalue weighted by Crippen LogP contribution is -2.25. The van der Waals surface area contributed by atoms with Crippen LogP contribution in [0.1, 0.15) is 33.3 Å². The average molecular weight is 373 g/mol. The van der Waals surface area contributed by atoms with E-state index in [1.807, 2.05) is 6.92 Å². The fourth-order valence-electron chi connectivity index (χ4n) is 1.81. The first-order valence-corrected chi connectivity index (χ1v) is 7.76. The molecule has 0 aliphatic rings. The quantitative estimate of drug-likeness (QED) is 0.572. The summed E-state index contributed by atoms with van der Waals surface area (Å²) >= 11 is 17.5. The zero-order valence-corrected chi connectivity index (χ0v) is 14.5. The molecule has 120 valence electrons. The standard InChI is InChI=1S/C16H12Cl3NO3/c1-8-3-5-10(6-4-8)15(21)9(2)23-16(22)14-13(19)12(18)11(17)7-20-14/h3-7,9H,1-2H3/t9-/m0/s1. The number of Topliss-reactive ketones (excluding diaryl/α,β-unsaturated/α-hetero) is 1. The smallest absolute Gasteiger partial charge is 0.359 e. The van der Waals surface area contributed by atoms with Crippen molar-refractivity contribution in [3.63, 3.8) is 0 Å². The van der Waals surface area contributed by atoms with Crippen LogP contribution in [0.3, 0.4) is 0 Å². The van der Waals surface area contributed by atoms with Gasteiger partial charge >= 0.3 is 5.97 Å². The van der Waals surface area contributed by atoms with Gasteiger partial charge in [0, 0.05) is 11.8 Å². The first-order valence-electron chi connectivity index (χ1n) is 6.62. The van der Waals surface area contributed by atoms with Gasteiger partial charge in [0.05, 0.1) is 15.1 Å². The van der Waals surface area contributed by atoms with Crippen molar-refractivity contribution in [3.8, 4) is 0 Å². The van der Waals surface area contributed by atoms with Crippen molar-refractivity contribution in [2.45, 2.75) is 20.0 Å². The van der Waals surface area contributed by atoms with Crippen LogP contribution < -0.4 is 0 Å². The molecule has 2 rings (SSSR count). The lowest BCUT2D eigenvalue weighted by atomic mass is 10.1. The summed E-state index contributed by atoms with van der Waals surface area (Å²) in [6.07, 6.45) is 0.205. The van der Waals surface area contributed by atoms with Crippen LogP contribution in [0.2, 0.25) is 15.1 Å². The van der Waals surface area contributed by atoms with Gasteiger partial charge in [-0.1, -0.05) is 64.6 Å². The Morgan fingerprint density at radius 2 is 1.70 bits per heavy atom. The van der Waals surface area contributed by atoms with Crippen LogP contribution >= 0.6 is 34.8 Å². The van der Waals surface area contributed by atoms with Gasteiger partial charge in [-0.05, 0) is 13.8 Å². The molecule has 0 saturated heterocycles.